The summed E-state index contributed by atoms with van der Waals surface area (Å²) < 4.78 is 27.1. The number of benzene rings is 1. The summed E-state index contributed by atoms with van der Waals surface area (Å²) >= 11 is 0. The molecule has 1 aliphatic heterocycles. The summed E-state index contributed by atoms with van der Waals surface area (Å²) in [6.07, 6.45) is 1.95. The molecule has 7 heteroatoms. The first-order valence-electron chi connectivity index (χ1n) is 7.93. The van der Waals surface area contributed by atoms with Crippen molar-refractivity contribution < 1.29 is 13.2 Å². The van der Waals surface area contributed by atoms with E-state index in [2.05, 4.69) is 10.0 Å². The molecule has 0 aromatic heterocycles. The highest BCUT2D eigenvalue weighted by Gasteiger charge is 2.29. The van der Waals surface area contributed by atoms with Crippen molar-refractivity contribution in [1.29, 1.82) is 0 Å². The molecule has 0 saturated carbocycles. The molecular weight excluding hydrogens is 314 g/mol. The molecule has 1 amide bonds. The van der Waals surface area contributed by atoms with Crippen molar-refractivity contribution in [2.24, 2.45) is 0 Å². The quantitative estimate of drug-likeness (QED) is 0.816. The summed E-state index contributed by atoms with van der Waals surface area (Å²) in [4.78, 5) is 14.7. The minimum atomic E-state index is -3.60. The van der Waals surface area contributed by atoms with Gasteiger partial charge in [-0.05, 0) is 51.9 Å². The van der Waals surface area contributed by atoms with Crippen LogP contribution in [0.15, 0.2) is 29.2 Å². The number of hydrogen-bond acceptors (Lipinski definition) is 4. The normalized spacial score (nSPS) is 18.6. The zero-order valence-corrected chi connectivity index (χ0v) is 14.7. The van der Waals surface area contributed by atoms with Crippen LogP contribution >= 0.6 is 0 Å². The maximum absolute atomic E-state index is 12.7. The summed E-state index contributed by atoms with van der Waals surface area (Å²) in [5, 5.41) is 3.10. The maximum Gasteiger partial charge on any atom is 0.254 e. The lowest BCUT2D eigenvalue weighted by atomic mass is 10.1. The Balaban J connectivity index is 2.24. The highest BCUT2D eigenvalue weighted by molar-refractivity contribution is 7.89. The number of amides is 1. The first-order valence-corrected chi connectivity index (χ1v) is 9.41. The molecule has 1 heterocycles. The molecule has 0 bridgehead atoms. The molecule has 0 aliphatic carbocycles. The van der Waals surface area contributed by atoms with Gasteiger partial charge in [-0.2, -0.15) is 0 Å². The number of carbonyl (C=O) groups excluding carboxylic acids is 1. The average molecular weight is 339 g/mol. The molecule has 1 fully saturated rings. The Morgan fingerprint density at radius 1 is 1.39 bits per heavy atom. The van der Waals surface area contributed by atoms with Crippen molar-refractivity contribution in [3.05, 3.63) is 29.8 Å². The highest BCUT2D eigenvalue weighted by Crippen LogP contribution is 2.21. The van der Waals surface area contributed by atoms with Gasteiger partial charge in [-0.15, -0.1) is 0 Å². The van der Waals surface area contributed by atoms with Crippen LogP contribution in [0.2, 0.25) is 0 Å². The minimum absolute atomic E-state index is 0.107. The van der Waals surface area contributed by atoms with Gasteiger partial charge in [0.25, 0.3) is 5.91 Å². The Hall–Kier alpha value is -1.44. The summed E-state index contributed by atoms with van der Waals surface area (Å²) in [6.45, 7) is 4.99. The standard InChI is InChI=1S/C16H25N3O3S/c1-12(2)18-23(21,22)15-8-4-6-13(10-15)16(20)19-9-5-7-14(19)11-17-3/h4,6,8,10,12,14,17-18H,5,7,9,11H2,1-3H3. The van der Waals surface area contributed by atoms with E-state index in [0.29, 0.717) is 12.1 Å². The second-order valence-electron chi connectivity index (χ2n) is 6.16. The van der Waals surface area contributed by atoms with Crippen LogP contribution in [0.25, 0.3) is 0 Å². The average Bonchev–Trinajstić information content (AvgIpc) is 2.94. The van der Waals surface area contributed by atoms with Crippen molar-refractivity contribution in [1.82, 2.24) is 14.9 Å². The number of nitrogens with one attached hydrogen (secondary N) is 2. The predicted octanol–water partition coefficient (Wildman–Crippen LogP) is 1.20. The van der Waals surface area contributed by atoms with Crippen LogP contribution in [0.1, 0.15) is 37.0 Å². The summed E-state index contributed by atoms with van der Waals surface area (Å²) in [5.74, 6) is -0.107. The lowest BCUT2D eigenvalue weighted by Gasteiger charge is -2.24. The van der Waals surface area contributed by atoms with Crippen LogP contribution in [-0.4, -0.2) is 51.4 Å². The molecule has 6 nitrogen and oxygen atoms in total. The number of likely N-dealkylation sites (tertiary alicyclic amines) is 1. The van der Waals surface area contributed by atoms with Gasteiger partial charge < -0.3 is 10.2 Å². The van der Waals surface area contributed by atoms with E-state index in [4.69, 9.17) is 0 Å². The van der Waals surface area contributed by atoms with Crippen molar-refractivity contribution >= 4 is 15.9 Å². The SMILES string of the molecule is CNCC1CCCN1C(=O)c1cccc(S(=O)(=O)NC(C)C)c1. The molecule has 23 heavy (non-hydrogen) atoms. The lowest BCUT2D eigenvalue weighted by molar-refractivity contribution is 0.0737. The van der Waals surface area contributed by atoms with E-state index in [1.54, 1.807) is 26.0 Å². The maximum atomic E-state index is 12.7. The second kappa shape index (κ2) is 7.42. The Bertz CT molecular complexity index is 658. The van der Waals surface area contributed by atoms with E-state index >= 15 is 0 Å². The summed E-state index contributed by atoms with van der Waals surface area (Å²) in [6, 6.07) is 6.23. The number of nitrogens with zero attached hydrogens (tertiary/aromatic N) is 1. The molecule has 1 aromatic rings. The summed E-state index contributed by atoms with van der Waals surface area (Å²) in [7, 11) is -1.73. The predicted molar refractivity (Wildman–Crippen MR) is 89.9 cm³/mol. The van der Waals surface area contributed by atoms with Crippen LogP contribution in [0.5, 0.6) is 0 Å². The van der Waals surface area contributed by atoms with Gasteiger partial charge in [0.05, 0.1) is 4.90 Å². The molecule has 1 unspecified atom stereocenters. The molecule has 1 aromatic carbocycles. The number of carbonyl (C=O) groups is 1. The van der Waals surface area contributed by atoms with Gasteiger partial charge in [0.15, 0.2) is 0 Å². The highest BCUT2D eigenvalue weighted by atomic mass is 32.2. The van der Waals surface area contributed by atoms with Crippen molar-refractivity contribution in [2.75, 3.05) is 20.1 Å². The Labute approximate surface area is 138 Å². The zero-order valence-electron chi connectivity index (χ0n) is 13.9. The van der Waals surface area contributed by atoms with Crippen LogP contribution in [-0.2, 0) is 10.0 Å². The molecule has 128 valence electrons. The van der Waals surface area contributed by atoms with E-state index in [1.165, 1.54) is 12.1 Å². The van der Waals surface area contributed by atoms with E-state index in [1.807, 2.05) is 11.9 Å². The van der Waals surface area contributed by atoms with E-state index in [0.717, 1.165) is 19.4 Å². The lowest BCUT2D eigenvalue weighted by Crippen LogP contribution is -2.40. The van der Waals surface area contributed by atoms with Crippen molar-refractivity contribution in [3.63, 3.8) is 0 Å². The first kappa shape index (κ1) is 17.9. The number of rotatable bonds is 6. The largest absolute Gasteiger partial charge is 0.334 e. The third-order valence-corrected chi connectivity index (χ3v) is 5.52. The topological polar surface area (TPSA) is 78.5 Å². The molecule has 2 N–H and O–H groups in total. The minimum Gasteiger partial charge on any atom is -0.334 e. The van der Waals surface area contributed by atoms with Gasteiger partial charge in [0, 0.05) is 30.7 Å². The fraction of sp³-hybridized carbons (Fsp3) is 0.562. The Kier molecular flexibility index (Phi) is 5.78. The third-order valence-electron chi connectivity index (χ3n) is 3.86. The fourth-order valence-corrected chi connectivity index (χ4v) is 4.19. The van der Waals surface area contributed by atoms with Gasteiger partial charge in [-0.3, -0.25) is 4.79 Å². The van der Waals surface area contributed by atoms with E-state index < -0.39 is 10.0 Å². The smallest absolute Gasteiger partial charge is 0.254 e. The van der Waals surface area contributed by atoms with Crippen molar-refractivity contribution in [2.45, 2.75) is 43.7 Å². The molecule has 0 radical (unpaired) electrons. The zero-order chi connectivity index (χ0) is 17.0. The second-order valence-corrected chi connectivity index (χ2v) is 7.87. The fourth-order valence-electron chi connectivity index (χ4n) is 2.89. The van der Waals surface area contributed by atoms with Crippen LogP contribution < -0.4 is 10.0 Å². The van der Waals surface area contributed by atoms with Crippen molar-refractivity contribution in [3.8, 4) is 0 Å². The van der Waals surface area contributed by atoms with Gasteiger partial charge in [-0.25, -0.2) is 13.1 Å². The number of hydrogen-bond donors (Lipinski definition) is 2. The first-order chi connectivity index (χ1) is 10.8. The van der Waals surface area contributed by atoms with Crippen LogP contribution in [0.4, 0.5) is 0 Å². The molecule has 1 aliphatic rings. The molecule has 1 atom stereocenters. The van der Waals surface area contributed by atoms with Crippen LogP contribution in [0.3, 0.4) is 0 Å². The molecule has 1 saturated heterocycles. The van der Waals surface area contributed by atoms with Gasteiger partial charge in [-0.1, -0.05) is 6.07 Å². The van der Waals surface area contributed by atoms with Gasteiger partial charge in [0.2, 0.25) is 10.0 Å². The molecule has 2 rings (SSSR count). The number of likely N-dealkylation sites (N-methyl/N-ethyl adjacent to an activating group) is 1. The van der Waals surface area contributed by atoms with Gasteiger partial charge in [0.1, 0.15) is 0 Å². The third kappa shape index (κ3) is 4.31. The number of sulfonamides is 1. The summed E-state index contributed by atoms with van der Waals surface area (Å²) in [5.41, 5.74) is 0.416. The molecule has 0 spiro atoms. The Morgan fingerprint density at radius 3 is 2.78 bits per heavy atom. The van der Waals surface area contributed by atoms with E-state index in [-0.39, 0.29) is 22.9 Å². The Morgan fingerprint density at radius 2 is 2.13 bits per heavy atom. The van der Waals surface area contributed by atoms with Gasteiger partial charge >= 0.3 is 0 Å². The van der Waals surface area contributed by atoms with Crippen LogP contribution in [0, 0.1) is 0 Å². The monoisotopic (exact) mass is 339 g/mol. The molecular formula is C16H25N3O3S. The van der Waals surface area contributed by atoms with E-state index in [9.17, 15) is 13.2 Å².